The molecule has 0 saturated carbocycles. The van der Waals surface area contributed by atoms with Crippen LogP contribution in [-0.4, -0.2) is 47.2 Å². The fourth-order valence-electron chi connectivity index (χ4n) is 3.86. The minimum Gasteiger partial charge on any atom is -0.353 e. The Morgan fingerprint density at radius 2 is 1.72 bits per heavy atom. The van der Waals surface area contributed by atoms with E-state index in [-0.39, 0.29) is 5.91 Å². The Bertz CT molecular complexity index is 1020. The molecule has 3 aromatic rings. The van der Waals surface area contributed by atoms with Crippen LogP contribution in [0.25, 0.3) is 11.3 Å². The molecule has 1 saturated heterocycles. The summed E-state index contributed by atoms with van der Waals surface area (Å²) in [6.45, 7) is 9.42. The van der Waals surface area contributed by atoms with Gasteiger partial charge in [0.1, 0.15) is 0 Å². The lowest BCUT2D eigenvalue weighted by molar-refractivity contribution is 0.0766. The maximum absolute atomic E-state index is 13.0. The SMILES string of the molecule is Cc1ccc(-c2cc(N3CCCN(C(=O)c4ccccc4C)CC3)n[nH]2)cc1C. The predicted molar refractivity (Wildman–Crippen MR) is 117 cm³/mol. The first-order valence-electron chi connectivity index (χ1n) is 10.3. The van der Waals surface area contributed by atoms with E-state index in [2.05, 4.69) is 53.2 Å². The molecule has 1 aliphatic rings. The minimum absolute atomic E-state index is 0.128. The predicted octanol–water partition coefficient (Wildman–Crippen LogP) is 4.35. The van der Waals surface area contributed by atoms with Crippen LogP contribution in [0.5, 0.6) is 0 Å². The molecule has 4 rings (SSSR count). The second kappa shape index (κ2) is 8.11. The van der Waals surface area contributed by atoms with Crippen molar-refractivity contribution in [2.24, 2.45) is 0 Å². The molecule has 2 heterocycles. The first kappa shape index (κ1) is 19.2. The number of aromatic nitrogens is 2. The number of aromatic amines is 1. The Kier molecular flexibility index (Phi) is 5.38. The van der Waals surface area contributed by atoms with E-state index in [4.69, 9.17) is 0 Å². The first-order valence-corrected chi connectivity index (χ1v) is 10.3. The highest BCUT2D eigenvalue weighted by Gasteiger charge is 2.22. The number of hydrogen-bond acceptors (Lipinski definition) is 3. The lowest BCUT2D eigenvalue weighted by Gasteiger charge is -2.22. The fraction of sp³-hybridized carbons (Fsp3) is 0.333. The number of H-pyrrole nitrogens is 1. The summed E-state index contributed by atoms with van der Waals surface area (Å²) in [4.78, 5) is 17.2. The first-order chi connectivity index (χ1) is 14.0. The summed E-state index contributed by atoms with van der Waals surface area (Å²) < 4.78 is 0. The van der Waals surface area contributed by atoms with Crippen LogP contribution in [0.2, 0.25) is 0 Å². The van der Waals surface area contributed by atoms with Gasteiger partial charge in [-0.05, 0) is 61.6 Å². The molecule has 1 aliphatic heterocycles. The monoisotopic (exact) mass is 388 g/mol. The van der Waals surface area contributed by atoms with E-state index < -0.39 is 0 Å². The fourth-order valence-corrected chi connectivity index (χ4v) is 3.86. The van der Waals surface area contributed by atoms with Gasteiger partial charge in [0.2, 0.25) is 0 Å². The Morgan fingerprint density at radius 3 is 2.52 bits per heavy atom. The summed E-state index contributed by atoms with van der Waals surface area (Å²) in [6, 6.07) is 16.4. The zero-order valence-corrected chi connectivity index (χ0v) is 17.4. The molecule has 5 nitrogen and oxygen atoms in total. The van der Waals surface area contributed by atoms with E-state index in [0.717, 1.165) is 54.3 Å². The van der Waals surface area contributed by atoms with Crippen molar-refractivity contribution in [2.75, 3.05) is 31.1 Å². The topological polar surface area (TPSA) is 52.2 Å². The van der Waals surface area contributed by atoms with Crippen LogP contribution in [0, 0.1) is 20.8 Å². The van der Waals surface area contributed by atoms with Crippen molar-refractivity contribution in [1.29, 1.82) is 0 Å². The van der Waals surface area contributed by atoms with Crippen molar-refractivity contribution in [3.8, 4) is 11.3 Å². The molecule has 5 heteroatoms. The maximum Gasteiger partial charge on any atom is 0.254 e. The zero-order valence-electron chi connectivity index (χ0n) is 17.4. The molecule has 0 bridgehead atoms. The standard InChI is InChI=1S/C24H28N4O/c1-17-9-10-20(15-19(17)3)22-16-23(26-25-22)27-11-6-12-28(14-13-27)24(29)21-8-5-4-7-18(21)2/h4-5,7-10,15-16H,6,11-14H2,1-3H3,(H,25,26). The molecular formula is C24H28N4O. The van der Waals surface area contributed by atoms with Gasteiger partial charge >= 0.3 is 0 Å². The molecular weight excluding hydrogens is 360 g/mol. The molecule has 150 valence electrons. The number of benzene rings is 2. The summed E-state index contributed by atoms with van der Waals surface area (Å²) in [6.07, 6.45) is 0.934. The number of nitrogens with zero attached hydrogens (tertiary/aromatic N) is 3. The number of hydrogen-bond donors (Lipinski definition) is 1. The average molecular weight is 389 g/mol. The normalized spacial score (nSPS) is 14.7. The second-order valence-corrected chi connectivity index (χ2v) is 7.89. The van der Waals surface area contributed by atoms with E-state index in [1.165, 1.54) is 11.1 Å². The Balaban J connectivity index is 1.46. The third-order valence-corrected chi connectivity index (χ3v) is 5.86. The van der Waals surface area contributed by atoms with Crippen molar-refractivity contribution >= 4 is 11.7 Å². The van der Waals surface area contributed by atoms with Crippen molar-refractivity contribution in [3.05, 3.63) is 70.8 Å². The van der Waals surface area contributed by atoms with Crippen LogP contribution in [0.1, 0.15) is 33.5 Å². The molecule has 0 aliphatic carbocycles. The maximum atomic E-state index is 13.0. The van der Waals surface area contributed by atoms with Crippen molar-refractivity contribution in [3.63, 3.8) is 0 Å². The van der Waals surface area contributed by atoms with Crippen LogP contribution in [0.3, 0.4) is 0 Å². The van der Waals surface area contributed by atoms with Gasteiger partial charge in [0, 0.05) is 37.8 Å². The van der Waals surface area contributed by atoms with Gasteiger partial charge in [-0.3, -0.25) is 9.89 Å². The van der Waals surface area contributed by atoms with Crippen LogP contribution in [-0.2, 0) is 0 Å². The number of aryl methyl sites for hydroxylation is 3. The summed E-state index contributed by atoms with van der Waals surface area (Å²) >= 11 is 0. The summed E-state index contributed by atoms with van der Waals surface area (Å²) in [5.74, 6) is 1.08. The molecule has 2 aromatic carbocycles. The molecule has 1 aromatic heterocycles. The Hall–Kier alpha value is -3.08. The van der Waals surface area contributed by atoms with E-state index in [1.54, 1.807) is 0 Å². The molecule has 0 spiro atoms. The van der Waals surface area contributed by atoms with E-state index in [1.807, 2.05) is 36.1 Å². The molecule has 29 heavy (non-hydrogen) atoms. The Labute approximate surface area is 172 Å². The van der Waals surface area contributed by atoms with Crippen molar-refractivity contribution in [2.45, 2.75) is 27.2 Å². The molecule has 0 atom stereocenters. The summed E-state index contributed by atoms with van der Waals surface area (Å²) in [7, 11) is 0. The molecule has 1 fully saturated rings. The zero-order chi connectivity index (χ0) is 20.4. The van der Waals surface area contributed by atoms with Gasteiger partial charge in [-0.1, -0.05) is 30.3 Å². The third-order valence-electron chi connectivity index (χ3n) is 5.86. The van der Waals surface area contributed by atoms with Crippen LogP contribution >= 0.6 is 0 Å². The molecule has 1 N–H and O–H groups in total. The lowest BCUT2D eigenvalue weighted by Crippen LogP contribution is -2.35. The minimum atomic E-state index is 0.128. The lowest BCUT2D eigenvalue weighted by atomic mass is 10.0. The highest BCUT2D eigenvalue weighted by molar-refractivity contribution is 5.95. The van der Waals surface area contributed by atoms with Gasteiger partial charge in [0.25, 0.3) is 5.91 Å². The van der Waals surface area contributed by atoms with Gasteiger partial charge < -0.3 is 9.80 Å². The smallest absolute Gasteiger partial charge is 0.254 e. The Morgan fingerprint density at radius 1 is 0.897 bits per heavy atom. The number of anilines is 1. The third kappa shape index (κ3) is 4.04. The number of rotatable bonds is 3. The highest BCUT2D eigenvalue weighted by Crippen LogP contribution is 2.25. The van der Waals surface area contributed by atoms with E-state index in [0.29, 0.717) is 6.54 Å². The van der Waals surface area contributed by atoms with Gasteiger partial charge in [-0.2, -0.15) is 5.10 Å². The van der Waals surface area contributed by atoms with E-state index >= 15 is 0 Å². The number of amides is 1. The van der Waals surface area contributed by atoms with Gasteiger partial charge in [-0.15, -0.1) is 0 Å². The van der Waals surface area contributed by atoms with Crippen LogP contribution < -0.4 is 4.90 Å². The molecule has 1 amide bonds. The van der Waals surface area contributed by atoms with Crippen LogP contribution in [0.15, 0.2) is 48.5 Å². The van der Waals surface area contributed by atoms with Crippen molar-refractivity contribution in [1.82, 2.24) is 15.1 Å². The number of carbonyl (C=O) groups is 1. The van der Waals surface area contributed by atoms with Gasteiger partial charge in [-0.25, -0.2) is 0 Å². The van der Waals surface area contributed by atoms with E-state index in [9.17, 15) is 4.79 Å². The average Bonchev–Trinajstić information content (AvgIpc) is 3.08. The largest absolute Gasteiger partial charge is 0.353 e. The van der Waals surface area contributed by atoms with Crippen LogP contribution in [0.4, 0.5) is 5.82 Å². The summed E-state index contributed by atoms with van der Waals surface area (Å²) in [5, 5.41) is 7.73. The van der Waals surface area contributed by atoms with Crippen molar-refractivity contribution < 1.29 is 4.79 Å². The number of carbonyl (C=O) groups excluding carboxylic acids is 1. The number of nitrogens with one attached hydrogen (secondary N) is 1. The quantitative estimate of drug-likeness (QED) is 0.726. The van der Waals surface area contributed by atoms with Gasteiger partial charge in [0.15, 0.2) is 5.82 Å². The summed E-state index contributed by atoms with van der Waals surface area (Å²) in [5.41, 5.74) is 6.58. The molecule has 0 unspecified atom stereocenters. The molecule has 0 radical (unpaired) electrons. The van der Waals surface area contributed by atoms with Gasteiger partial charge in [0.05, 0.1) is 5.69 Å². The second-order valence-electron chi connectivity index (χ2n) is 7.89. The highest BCUT2D eigenvalue weighted by atomic mass is 16.2.